The van der Waals surface area contributed by atoms with Gasteiger partial charge in [-0.05, 0) is 62.3 Å². The summed E-state index contributed by atoms with van der Waals surface area (Å²) in [6, 6.07) is 13.2. The highest BCUT2D eigenvalue weighted by molar-refractivity contribution is 5.84. The second-order valence-corrected chi connectivity index (χ2v) is 11.3. The molecule has 0 aromatic heterocycles. The van der Waals surface area contributed by atoms with E-state index < -0.39 is 47.9 Å². The molecule has 0 saturated heterocycles. The molecule has 2 amide bonds. The Hall–Kier alpha value is -4.08. The van der Waals surface area contributed by atoms with Crippen LogP contribution < -0.4 is 10.6 Å². The van der Waals surface area contributed by atoms with E-state index in [2.05, 4.69) is 10.6 Å². The number of hydrogen-bond donors (Lipinski definition) is 3. The van der Waals surface area contributed by atoms with Crippen molar-refractivity contribution in [1.29, 1.82) is 0 Å². The minimum absolute atomic E-state index is 0.00287. The topological polar surface area (TPSA) is 140 Å². The number of fused-ring (bicyclic) bond motifs is 3. The SMILES string of the molecule is CC(C)C[C@H](NC(=O)OCC1c2ccccc2-c2ccccc21)C(=O)OC(C)C(NC(=O)OC(C)(C)C)C(=O)O. The van der Waals surface area contributed by atoms with Crippen LogP contribution in [0.15, 0.2) is 48.5 Å². The van der Waals surface area contributed by atoms with E-state index in [1.807, 2.05) is 62.4 Å². The molecular formula is C30H38N2O8. The number of rotatable bonds is 10. The highest BCUT2D eigenvalue weighted by atomic mass is 16.6. The van der Waals surface area contributed by atoms with Crippen LogP contribution in [-0.4, -0.2) is 59.6 Å². The third-order valence-electron chi connectivity index (χ3n) is 6.34. The summed E-state index contributed by atoms with van der Waals surface area (Å²) in [5.41, 5.74) is 3.45. The molecule has 0 spiro atoms. The molecule has 216 valence electrons. The summed E-state index contributed by atoms with van der Waals surface area (Å²) in [5.74, 6) is -2.40. The van der Waals surface area contributed by atoms with Crippen LogP contribution in [0.25, 0.3) is 11.1 Å². The van der Waals surface area contributed by atoms with E-state index in [4.69, 9.17) is 14.2 Å². The molecule has 0 bridgehead atoms. The molecule has 3 rings (SSSR count). The number of aliphatic carboxylic acids is 1. The lowest BCUT2D eigenvalue weighted by molar-refractivity contribution is -0.156. The fourth-order valence-electron chi connectivity index (χ4n) is 4.62. The largest absolute Gasteiger partial charge is 0.480 e. The number of ether oxygens (including phenoxy) is 3. The summed E-state index contributed by atoms with van der Waals surface area (Å²) in [6.07, 6.45) is -2.78. The Kier molecular flexibility index (Phi) is 9.78. The quantitative estimate of drug-likeness (QED) is 0.280. The normalized spacial score (nSPS) is 14.8. The molecule has 10 heteroatoms. The number of esters is 1. The van der Waals surface area contributed by atoms with Crippen LogP contribution in [0.5, 0.6) is 0 Å². The summed E-state index contributed by atoms with van der Waals surface area (Å²) < 4.78 is 16.1. The minimum atomic E-state index is -1.56. The van der Waals surface area contributed by atoms with E-state index in [1.54, 1.807) is 20.8 Å². The van der Waals surface area contributed by atoms with E-state index in [-0.39, 0.29) is 24.9 Å². The Morgan fingerprint density at radius 2 is 1.43 bits per heavy atom. The molecule has 0 radical (unpaired) electrons. The van der Waals surface area contributed by atoms with Crippen LogP contribution in [0.1, 0.15) is 65.0 Å². The third kappa shape index (κ3) is 7.97. The van der Waals surface area contributed by atoms with Crippen molar-refractivity contribution in [3.8, 4) is 11.1 Å². The molecule has 3 N–H and O–H groups in total. The molecule has 3 atom stereocenters. The summed E-state index contributed by atoms with van der Waals surface area (Å²) >= 11 is 0. The fraction of sp³-hybridized carbons (Fsp3) is 0.467. The van der Waals surface area contributed by atoms with E-state index >= 15 is 0 Å². The third-order valence-corrected chi connectivity index (χ3v) is 6.34. The van der Waals surface area contributed by atoms with Crippen molar-refractivity contribution in [2.45, 2.75) is 77.7 Å². The molecule has 2 aromatic rings. The van der Waals surface area contributed by atoms with Gasteiger partial charge in [0, 0.05) is 5.92 Å². The van der Waals surface area contributed by atoms with Crippen molar-refractivity contribution in [2.24, 2.45) is 5.92 Å². The number of benzene rings is 2. The van der Waals surface area contributed by atoms with Gasteiger partial charge in [-0.3, -0.25) is 0 Å². The smallest absolute Gasteiger partial charge is 0.408 e. The fourth-order valence-corrected chi connectivity index (χ4v) is 4.62. The first kappa shape index (κ1) is 30.5. The van der Waals surface area contributed by atoms with Crippen LogP contribution in [0, 0.1) is 5.92 Å². The van der Waals surface area contributed by atoms with Crippen molar-refractivity contribution in [3.63, 3.8) is 0 Å². The molecule has 2 aromatic carbocycles. The monoisotopic (exact) mass is 554 g/mol. The maximum atomic E-state index is 13.0. The Bertz CT molecular complexity index is 1190. The summed E-state index contributed by atoms with van der Waals surface area (Å²) in [4.78, 5) is 49.7. The van der Waals surface area contributed by atoms with E-state index in [0.29, 0.717) is 0 Å². The van der Waals surface area contributed by atoms with Gasteiger partial charge in [-0.25, -0.2) is 19.2 Å². The highest BCUT2D eigenvalue weighted by Gasteiger charge is 2.34. The minimum Gasteiger partial charge on any atom is -0.480 e. The molecular weight excluding hydrogens is 516 g/mol. The summed E-state index contributed by atoms with van der Waals surface area (Å²) in [5, 5.41) is 14.4. The van der Waals surface area contributed by atoms with Gasteiger partial charge in [-0.2, -0.15) is 0 Å². The van der Waals surface area contributed by atoms with Crippen LogP contribution in [-0.2, 0) is 23.8 Å². The number of alkyl carbamates (subject to hydrolysis) is 2. The Balaban J connectivity index is 1.64. The maximum absolute atomic E-state index is 13.0. The van der Waals surface area contributed by atoms with E-state index in [0.717, 1.165) is 22.3 Å². The lowest BCUT2D eigenvalue weighted by atomic mass is 9.98. The van der Waals surface area contributed by atoms with Crippen LogP contribution in [0.4, 0.5) is 9.59 Å². The zero-order chi connectivity index (χ0) is 29.6. The second kappa shape index (κ2) is 12.8. The predicted octanol–water partition coefficient (Wildman–Crippen LogP) is 4.85. The van der Waals surface area contributed by atoms with Crippen molar-refractivity contribution in [2.75, 3.05) is 6.61 Å². The maximum Gasteiger partial charge on any atom is 0.408 e. The van der Waals surface area contributed by atoms with E-state index in [1.165, 1.54) is 6.92 Å². The number of amides is 2. The van der Waals surface area contributed by atoms with Gasteiger partial charge in [0.05, 0.1) is 0 Å². The first-order valence-electron chi connectivity index (χ1n) is 13.3. The summed E-state index contributed by atoms with van der Waals surface area (Å²) in [7, 11) is 0. The van der Waals surface area contributed by atoms with E-state index in [9.17, 15) is 24.3 Å². The predicted molar refractivity (Wildman–Crippen MR) is 148 cm³/mol. The number of nitrogens with one attached hydrogen (secondary N) is 2. The zero-order valence-electron chi connectivity index (χ0n) is 23.7. The van der Waals surface area contributed by atoms with Gasteiger partial charge in [0.15, 0.2) is 6.04 Å². The molecule has 40 heavy (non-hydrogen) atoms. The number of carboxylic acid groups (broad SMARTS) is 1. The summed E-state index contributed by atoms with van der Waals surface area (Å²) in [6.45, 7) is 10.1. The molecule has 0 heterocycles. The first-order chi connectivity index (χ1) is 18.8. The lowest BCUT2D eigenvalue weighted by Crippen LogP contribution is -2.52. The van der Waals surface area contributed by atoms with Gasteiger partial charge < -0.3 is 30.0 Å². The average molecular weight is 555 g/mol. The average Bonchev–Trinajstić information content (AvgIpc) is 3.17. The molecule has 10 nitrogen and oxygen atoms in total. The van der Waals surface area contributed by atoms with Crippen molar-refractivity contribution in [3.05, 3.63) is 59.7 Å². The van der Waals surface area contributed by atoms with Gasteiger partial charge in [0.2, 0.25) is 0 Å². The van der Waals surface area contributed by atoms with Crippen LogP contribution in [0.3, 0.4) is 0 Å². The standard InChI is InChI=1S/C30H38N2O8/c1-17(2)15-24(27(35)39-18(3)25(26(33)34)32-29(37)40-30(4,5)6)31-28(36)38-16-23-21-13-9-7-11-19(21)20-12-8-10-14-22(20)23/h7-14,17-18,23-25H,15-16H2,1-6H3,(H,31,36)(H,32,37)(H,33,34)/t18?,24-,25?/m0/s1. The van der Waals surface area contributed by atoms with Gasteiger partial charge in [-0.1, -0.05) is 62.4 Å². The number of carbonyl (C=O) groups excluding carboxylic acids is 3. The molecule has 2 unspecified atom stereocenters. The molecule has 1 aliphatic rings. The van der Waals surface area contributed by atoms with Gasteiger partial charge in [0.25, 0.3) is 0 Å². The van der Waals surface area contributed by atoms with Crippen LogP contribution >= 0.6 is 0 Å². The van der Waals surface area contributed by atoms with Crippen molar-refractivity contribution < 1.29 is 38.5 Å². The van der Waals surface area contributed by atoms with Gasteiger partial charge in [0.1, 0.15) is 24.4 Å². The molecule has 0 saturated carbocycles. The van der Waals surface area contributed by atoms with Gasteiger partial charge in [-0.15, -0.1) is 0 Å². The Labute approximate surface area is 234 Å². The molecule has 0 aliphatic heterocycles. The molecule has 1 aliphatic carbocycles. The first-order valence-corrected chi connectivity index (χ1v) is 13.3. The van der Waals surface area contributed by atoms with Gasteiger partial charge >= 0.3 is 24.1 Å². The van der Waals surface area contributed by atoms with Crippen LogP contribution in [0.2, 0.25) is 0 Å². The lowest BCUT2D eigenvalue weighted by Gasteiger charge is -2.26. The molecule has 0 fully saturated rings. The van der Waals surface area contributed by atoms with Crippen molar-refractivity contribution in [1.82, 2.24) is 10.6 Å². The zero-order valence-corrected chi connectivity index (χ0v) is 23.7. The number of carbonyl (C=O) groups is 4. The Morgan fingerprint density at radius 1 is 0.875 bits per heavy atom. The second-order valence-electron chi connectivity index (χ2n) is 11.3. The highest BCUT2D eigenvalue weighted by Crippen LogP contribution is 2.44. The van der Waals surface area contributed by atoms with Crippen molar-refractivity contribution >= 4 is 24.1 Å². The Morgan fingerprint density at radius 3 is 1.93 bits per heavy atom. The number of hydrogen-bond acceptors (Lipinski definition) is 7. The number of carboxylic acids is 1.